The van der Waals surface area contributed by atoms with Crippen LogP contribution in [-0.2, 0) is 0 Å². The topological polar surface area (TPSA) is 52.1 Å². The fourth-order valence-electron chi connectivity index (χ4n) is 3.44. The number of likely N-dealkylation sites (N-methyl/N-ethyl adjacent to an activating group) is 1. The molecule has 2 N–H and O–H groups in total. The summed E-state index contributed by atoms with van der Waals surface area (Å²) >= 11 is 0. The van der Waals surface area contributed by atoms with Gasteiger partial charge in [0, 0.05) is 38.3 Å². The van der Waals surface area contributed by atoms with Crippen molar-refractivity contribution in [3.05, 3.63) is 29.8 Å². The molecule has 1 aromatic rings. The van der Waals surface area contributed by atoms with Crippen LogP contribution in [0.25, 0.3) is 0 Å². The number of aliphatic imine (C=N–C) groups is 1. The van der Waals surface area contributed by atoms with Crippen molar-refractivity contribution in [2.75, 3.05) is 54.4 Å². The van der Waals surface area contributed by atoms with Crippen LogP contribution in [0, 0.1) is 0 Å². The lowest BCUT2D eigenvalue weighted by Crippen LogP contribution is -2.47. The van der Waals surface area contributed by atoms with Crippen LogP contribution in [0.15, 0.2) is 29.3 Å². The zero-order valence-corrected chi connectivity index (χ0v) is 19.6. The minimum Gasteiger partial charge on any atom is -0.496 e. The molecule has 10 heteroatoms. The lowest BCUT2D eigenvalue weighted by atomic mass is 10.0. The van der Waals surface area contributed by atoms with E-state index in [9.17, 15) is 13.2 Å². The molecular formula is C19H31F3IN5O. The molecule has 2 atom stereocenters. The molecule has 1 saturated heterocycles. The first-order valence-electron chi connectivity index (χ1n) is 9.29. The number of guanidine groups is 1. The molecule has 0 bridgehead atoms. The summed E-state index contributed by atoms with van der Waals surface area (Å²) in [4.78, 5) is 7.72. The van der Waals surface area contributed by atoms with Crippen LogP contribution in [0.3, 0.4) is 0 Å². The van der Waals surface area contributed by atoms with Crippen LogP contribution in [-0.4, -0.2) is 82.4 Å². The molecule has 0 amide bonds. The Labute approximate surface area is 187 Å². The summed E-state index contributed by atoms with van der Waals surface area (Å²) in [5.74, 6) is 1.39. The molecule has 2 rings (SSSR count). The second-order valence-electron chi connectivity index (χ2n) is 7.15. The van der Waals surface area contributed by atoms with Crippen molar-refractivity contribution in [2.24, 2.45) is 4.99 Å². The Balaban J connectivity index is 0.00000420. The van der Waals surface area contributed by atoms with Gasteiger partial charge >= 0.3 is 6.18 Å². The van der Waals surface area contributed by atoms with E-state index in [1.54, 1.807) is 14.2 Å². The fourth-order valence-corrected chi connectivity index (χ4v) is 3.44. The van der Waals surface area contributed by atoms with Gasteiger partial charge in [-0.2, -0.15) is 13.2 Å². The van der Waals surface area contributed by atoms with Gasteiger partial charge in [0.15, 0.2) is 5.96 Å². The molecule has 29 heavy (non-hydrogen) atoms. The number of nitrogens with one attached hydrogen (secondary N) is 2. The number of halogens is 4. The third kappa shape index (κ3) is 8.17. The monoisotopic (exact) mass is 529 g/mol. The summed E-state index contributed by atoms with van der Waals surface area (Å²) in [6.45, 7) is 0.485. The Bertz CT molecular complexity index is 657. The number of ether oxygens (including phenoxy) is 1. The molecular weight excluding hydrogens is 498 g/mol. The SMILES string of the molecule is CN=C(NCC(c1ccccc1OC)N(C)C)NC1CCN(CC(F)(F)F)C1.I. The van der Waals surface area contributed by atoms with Crippen LogP contribution in [0.2, 0.25) is 0 Å². The molecule has 0 saturated carbocycles. The van der Waals surface area contributed by atoms with Gasteiger partial charge in [0.25, 0.3) is 0 Å². The Kier molecular flexibility index (Phi) is 10.5. The number of methoxy groups -OCH3 is 1. The highest BCUT2D eigenvalue weighted by Gasteiger charge is 2.34. The summed E-state index contributed by atoms with van der Waals surface area (Å²) in [5.41, 5.74) is 1.05. The predicted octanol–water partition coefficient (Wildman–Crippen LogP) is 2.72. The number of benzene rings is 1. The molecule has 1 fully saturated rings. The summed E-state index contributed by atoms with van der Waals surface area (Å²) in [6, 6.07) is 7.82. The first-order chi connectivity index (χ1) is 13.2. The maximum Gasteiger partial charge on any atom is 0.401 e. The molecule has 0 radical (unpaired) electrons. The molecule has 6 nitrogen and oxygen atoms in total. The van der Waals surface area contributed by atoms with Crippen molar-refractivity contribution >= 4 is 29.9 Å². The quantitative estimate of drug-likeness (QED) is 0.324. The second-order valence-corrected chi connectivity index (χ2v) is 7.15. The second kappa shape index (κ2) is 11.8. The van der Waals surface area contributed by atoms with Crippen LogP contribution in [0.5, 0.6) is 5.75 Å². The molecule has 1 aliphatic heterocycles. The van der Waals surface area contributed by atoms with Crippen molar-refractivity contribution in [3.8, 4) is 5.75 Å². The van der Waals surface area contributed by atoms with Gasteiger partial charge in [0.2, 0.25) is 0 Å². The molecule has 1 aromatic carbocycles. The van der Waals surface area contributed by atoms with Crippen LogP contribution < -0.4 is 15.4 Å². The van der Waals surface area contributed by atoms with Gasteiger partial charge in [-0.3, -0.25) is 9.89 Å². The zero-order chi connectivity index (χ0) is 20.7. The maximum atomic E-state index is 12.6. The normalized spacial score (nSPS) is 19.0. The lowest BCUT2D eigenvalue weighted by molar-refractivity contribution is -0.143. The minimum absolute atomic E-state index is 0. The van der Waals surface area contributed by atoms with Crippen molar-refractivity contribution in [2.45, 2.75) is 24.7 Å². The Morgan fingerprint density at radius 1 is 1.34 bits per heavy atom. The fraction of sp³-hybridized carbons (Fsp3) is 0.632. The Morgan fingerprint density at radius 2 is 2.03 bits per heavy atom. The smallest absolute Gasteiger partial charge is 0.401 e. The minimum atomic E-state index is -4.16. The molecule has 0 aromatic heterocycles. The van der Waals surface area contributed by atoms with E-state index < -0.39 is 12.7 Å². The summed E-state index contributed by atoms with van der Waals surface area (Å²) in [7, 11) is 7.28. The Hall–Kier alpha value is -1.27. The van der Waals surface area contributed by atoms with E-state index in [1.165, 1.54) is 4.90 Å². The number of hydrogen-bond acceptors (Lipinski definition) is 4. The maximum absolute atomic E-state index is 12.6. The van der Waals surface area contributed by atoms with Crippen molar-refractivity contribution in [1.82, 2.24) is 20.4 Å². The average molecular weight is 529 g/mol. The first-order valence-corrected chi connectivity index (χ1v) is 9.29. The van der Waals surface area contributed by atoms with Crippen molar-refractivity contribution < 1.29 is 17.9 Å². The van der Waals surface area contributed by atoms with Crippen molar-refractivity contribution in [3.63, 3.8) is 0 Å². The number of nitrogens with zero attached hydrogens (tertiary/aromatic N) is 3. The van der Waals surface area contributed by atoms with E-state index in [1.807, 2.05) is 38.4 Å². The lowest BCUT2D eigenvalue weighted by Gasteiger charge is -2.28. The first kappa shape index (κ1) is 25.8. The number of alkyl halides is 3. The predicted molar refractivity (Wildman–Crippen MR) is 120 cm³/mol. The molecule has 166 valence electrons. The van der Waals surface area contributed by atoms with Gasteiger partial charge < -0.3 is 20.3 Å². The number of rotatable bonds is 7. The van der Waals surface area contributed by atoms with Gasteiger partial charge in [-0.15, -0.1) is 24.0 Å². The highest BCUT2D eigenvalue weighted by Crippen LogP contribution is 2.27. The van der Waals surface area contributed by atoms with Crippen LogP contribution in [0.4, 0.5) is 13.2 Å². The van der Waals surface area contributed by atoms with E-state index >= 15 is 0 Å². The van der Waals surface area contributed by atoms with Gasteiger partial charge in [-0.25, -0.2) is 0 Å². The average Bonchev–Trinajstić information content (AvgIpc) is 3.05. The van der Waals surface area contributed by atoms with Gasteiger partial charge in [-0.1, -0.05) is 18.2 Å². The number of para-hydroxylation sites is 1. The standard InChI is InChI=1S/C19H30F3N5O.HI/c1-23-18(25-14-9-10-27(12-14)13-19(20,21)22)24-11-16(26(2)3)15-7-5-6-8-17(15)28-4;/h5-8,14,16H,9-13H2,1-4H3,(H2,23,24,25);1H. The highest BCUT2D eigenvalue weighted by molar-refractivity contribution is 14.0. The number of likely N-dealkylation sites (tertiary alicyclic amines) is 1. The third-order valence-electron chi connectivity index (χ3n) is 4.82. The summed E-state index contributed by atoms with van der Waals surface area (Å²) in [6.07, 6.45) is -3.51. The van der Waals surface area contributed by atoms with Crippen LogP contribution >= 0.6 is 24.0 Å². The van der Waals surface area contributed by atoms with Gasteiger partial charge in [0.05, 0.1) is 19.7 Å². The summed E-state index contributed by atoms with van der Waals surface area (Å²) in [5, 5.41) is 6.53. The van der Waals surface area contributed by atoms with E-state index in [2.05, 4.69) is 20.5 Å². The zero-order valence-electron chi connectivity index (χ0n) is 17.3. The van der Waals surface area contributed by atoms with E-state index in [4.69, 9.17) is 4.74 Å². The third-order valence-corrected chi connectivity index (χ3v) is 4.82. The van der Waals surface area contributed by atoms with Gasteiger partial charge in [-0.05, 0) is 26.6 Å². The molecule has 1 heterocycles. The number of hydrogen-bond donors (Lipinski definition) is 2. The van der Waals surface area contributed by atoms with E-state index in [0.717, 1.165) is 11.3 Å². The largest absolute Gasteiger partial charge is 0.496 e. The Morgan fingerprint density at radius 3 is 2.62 bits per heavy atom. The molecule has 1 aliphatic rings. The van der Waals surface area contributed by atoms with E-state index in [-0.39, 0.29) is 36.1 Å². The van der Waals surface area contributed by atoms with E-state index in [0.29, 0.717) is 32.0 Å². The molecule has 2 unspecified atom stereocenters. The van der Waals surface area contributed by atoms with Crippen LogP contribution in [0.1, 0.15) is 18.0 Å². The van der Waals surface area contributed by atoms with Gasteiger partial charge in [0.1, 0.15) is 5.75 Å². The molecule has 0 spiro atoms. The highest BCUT2D eigenvalue weighted by atomic mass is 127. The van der Waals surface area contributed by atoms with Crippen molar-refractivity contribution in [1.29, 1.82) is 0 Å². The molecule has 0 aliphatic carbocycles. The summed E-state index contributed by atoms with van der Waals surface area (Å²) < 4.78 is 43.1.